The van der Waals surface area contributed by atoms with Gasteiger partial charge in [0.1, 0.15) is 5.82 Å². The van der Waals surface area contributed by atoms with Crippen LogP contribution in [0.25, 0.3) is 10.9 Å². The first-order valence-electron chi connectivity index (χ1n) is 9.41. The number of piperazine rings is 1. The molecule has 1 aliphatic rings. The summed E-state index contributed by atoms with van der Waals surface area (Å²) in [6.45, 7) is 6.92. The summed E-state index contributed by atoms with van der Waals surface area (Å²) in [6, 6.07) is 15.0. The maximum atomic E-state index is 13.7. The number of aromatic amines is 1. The van der Waals surface area contributed by atoms with E-state index in [-0.39, 0.29) is 17.6 Å². The van der Waals surface area contributed by atoms with Gasteiger partial charge in [0, 0.05) is 48.5 Å². The third kappa shape index (κ3) is 3.29. The maximum absolute atomic E-state index is 13.7. The number of aryl methyl sites for hydroxylation is 1. The summed E-state index contributed by atoms with van der Waals surface area (Å²) < 4.78 is 13.7. The van der Waals surface area contributed by atoms with Crippen LogP contribution in [0.3, 0.4) is 0 Å². The zero-order valence-corrected chi connectivity index (χ0v) is 15.7. The Morgan fingerprint density at radius 2 is 1.78 bits per heavy atom. The third-order valence-corrected chi connectivity index (χ3v) is 5.51. The van der Waals surface area contributed by atoms with Crippen molar-refractivity contribution in [2.24, 2.45) is 0 Å². The molecule has 1 unspecified atom stereocenters. The van der Waals surface area contributed by atoms with Crippen molar-refractivity contribution in [1.29, 1.82) is 0 Å². The molecule has 27 heavy (non-hydrogen) atoms. The first kappa shape index (κ1) is 17.6. The van der Waals surface area contributed by atoms with Gasteiger partial charge in [-0.3, -0.25) is 4.79 Å². The molecule has 0 aliphatic carbocycles. The van der Waals surface area contributed by atoms with Gasteiger partial charge in [-0.15, -0.1) is 0 Å². The molecule has 0 radical (unpaired) electrons. The third-order valence-electron chi connectivity index (χ3n) is 5.51. The maximum Gasteiger partial charge on any atom is 0.230 e. The Labute approximate surface area is 158 Å². The average Bonchev–Trinajstić information content (AvgIpc) is 3.02. The van der Waals surface area contributed by atoms with Gasteiger partial charge in [0.25, 0.3) is 0 Å². The molecule has 4 rings (SSSR count). The van der Waals surface area contributed by atoms with E-state index in [2.05, 4.69) is 22.0 Å². The molecule has 1 aliphatic heterocycles. The summed E-state index contributed by atoms with van der Waals surface area (Å²) in [5, 5.41) is 0.802. The molecule has 1 fully saturated rings. The predicted octanol–water partition coefficient (Wildman–Crippen LogP) is 4.07. The van der Waals surface area contributed by atoms with E-state index in [9.17, 15) is 9.18 Å². The summed E-state index contributed by atoms with van der Waals surface area (Å²) in [7, 11) is 0. The number of nitrogens with zero attached hydrogens (tertiary/aromatic N) is 2. The van der Waals surface area contributed by atoms with Crippen LogP contribution in [0.2, 0.25) is 0 Å². The Morgan fingerprint density at radius 1 is 1.07 bits per heavy atom. The Morgan fingerprint density at radius 3 is 2.48 bits per heavy atom. The van der Waals surface area contributed by atoms with Crippen molar-refractivity contribution in [2.45, 2.75) is 19.8 Å². The van der Waals surface area contributed by atoms with Crippen LogP contribution in [0, 0.1) is 12.7 Å². The lowest BCUT2D eigenvalue weighted by Gasteiger charge is -2.37. The van der Waals surface area contributed by atoms with Gasteiger partial charge in [0.15, 0.2) is 0 Å². The quantitative estimate of drug-likeness (QED) is 0.760. The van der Waals surface area contributed by atoms with Gasteiger partial charge in [0.05, 0.1) is 5.92 Å². The Kier molecular flexibility index (Phi) is 4.60. The predicted molar refractivity (Wildman–Crippen MR) is 107 cm³/mol. The summed E-state index contributed by atoms with van der Waals surface area (Å²) in [5.74, 6) is -0.473. The highest BCUT2D eigenvalue weighted by atomic mass is 19.1. The van der Waals surface area contributed by atoms with E-state index in [4.69, 9.17) is 0 Å². The fraction of sp³-hybridized carbons (Fsp3) is 0.318. The van der Waals surface area contributed by atoms with Crippen LogP contribution >= 0.6 is 0 Å². The average molecular weight is 365 g/mol. The molecule has 1 N–H and O–H groups in total. The number of carbonyl (C=O) groups is 1. The summed E-state index contributed by atoms with van der Waals surface area (Å²) in [5.41, 5.74) is 3.90. The van der Waals surface area contributed by atoms with Gasteiger partial charge >= 0.3 is 0 Å². The number of fused-ring (bicyclic) bond motifs is 1. The fourth-order valence-corrected chi connectivity index (χ4v) is 4.10. The number of hydrogen-bond donors (Lipinski definition) is 1. The number of para-hydroxylation sites is 1. The number of anilines is 1. The largest absolute Gasteiger partial charge is 0.368 e. The minimum Gasteiger partial charge on any atom is -0.368 e. The molecule has 1 amide bonds. The van der Waals surface area contributed by atoms with Crippen LogP contribution in [0.1, 0.15) is 24.1 Å². The van der Waals surface area contributed by atoms with Crippen molar-refractivity contribution in [3.05, 3.63) is 65.6 Å². The summed E-state index contributed by atoms with van der Waals surface area (Å²) >= 11 is 0. The van der Waals surface area contributed by atoms with E-state index in [0.29, 0.717) is 13.1 Å². The fourth-order valence-electron chi connectivity index (χ4n) is 4.10. The molecule has 1 atom stereocenters. The van der Waals surface area contributed by atoms with E-state index < -0.39 is 0 Å². The van der Waals surface area contributed by atoms with Crippen molar-refractivity contribution in [3.63, 3.8) is 0 Å². The lowest BCUT2D eigenvalue weighted by atomic mass is 9.96. The standard InChI is InChI=1S/C22H24FN3O/c1-15(21-16(2)24-20-9-8-17(23)14-19(20)21)22(27)26-12-10-25(11-13-26)18-6-4-3-5-7-18/h3-9,14-15,24H,10-13H2,1-2H3. The number of halogens is 1. The van der Waals surface area contributed by atoms with Gasteiger partial charge < -0.3 is 14.8 Å². The van der Waals surface area contributed by atoms with Crippen molar-refractivity contribution >= 4 is 22.5 Å². The minimum absolute atomic E-state index is 0.107. The highest BCUT2D eigenvalue weighted by Gasteiger charge is 2.28. The molecule has 5 heteroatoms. The van der Waals surface area contributed by atoms with E-state index in [1.54, 1.807) is 6.07 Å². The van der Waals surface area contributed by atoms with Crippen LogP contribution in [-0.4, -0.2) is 42.0 Å². The summed E-state index contributed by atoms with van der Waals surface area (Å²) in [4.78, 5) is 20.6. The van der Waals surface area contributed by atoms with Crippen LogP contribution in [-0.2, 0) is 4.79 Å². The smallest absolute Gasteiger partial charge is 0.230 e. The van der Waals surface area contributed by atoms with Crippen LogP contribution in [0.5, 0.6) is 0 Å². The Balaban J connectivity index is 1.51. The second-order valence-electron chi connectivity index (χ2n) is 7.22. The highest BCUT2D eigenvalue weighted by molar-refractivity contribution is 5.93. The number of carbonyl (C=O) groups excluding carboxylic acids is 1. The monoisotopic (exact) mass is 365 g/mol. The number of hydrogen-bond acceptors (Lipinski definition) is 2. The molecular weight excluding hydrogens is 341 g/mol. The first-order valence-corrected chi connectivity index (χ1v) is 9.41. The van der Waals surface area contributed by atoms with Crippen LogP contribution in [0.15, 0.2) is 48.5 Å². The molecule has 3 aromatic rings. The molecular formula is C22H24FN3O. The second-order valence-corrected chi connectivity index (χ2v) is 7.22. The number of H-pyrrole nitrogens is 1. The van der Waals surface area contributed by atoms with E-state index in [1.807, 2.05) is 36.9 Å². The van der Waals surface area contributed by atoms with Gasteiger partial charge in [-0.1, -0.05) is 18.2 Å². The number of aromatic nitrogens is 1. The Bertz CT molecular complexity index is 958. The van der Waals surface area contributed by atoms with Gasteiger partial charge in [-0.2, -0.15) is 0 Å². The molecule has 1 saturated heterocycles. The zero-order valence-electron chi connectivity index (χ0n) is 15.7. The van der Waals surface area contributed by atoms with Crippen LogP contribution < -0.4 is 4.90 Å². The number of amides is 1. The lowest BCUT2D eigenvalue weighted by Crippen LogP contribution is -2.49. The van der Waals surface area contributed by atoms with Crippen molar-refractivity contribution < 1.29 is 9.18 Å². The molecule has 0 bridgehead atoms. The van der Waals surface area contributed by atoms with E-state index in [0.717, 1.165) is 35.2 Å². The molecule has 1 aromatic heterocycles. The molecule has 4 nitrogen and oxygen atoms in total. The van der Waals surface area contributed by atoms with Crippen molar-refractivity contribution in [3.8, 4) is 0 Å². The molecule has 2 aromatic carbocycles. The Hall–Kier alpha value is -2.82. The summed E-state index contributed by atoms with van der Waals surface area (Å²) in [6.07, 6.45) is 0. The van der Waals surface area contributed by atoms with Crippen LogP contribution in [0.4, 0.5) is 10.1 Å². The number of nitrogens with one attached hydrogen (secondary N) is 1. The highest BCUT2D eigenvalue weighted by Crippen LogP contribution is 2.31. The topological polar surface area (TPSA) is 39.3 Å². The molecule has 0 spiro atoms. The van der Waals surface area contributed by atoms with Gasteiger partial charge in [-0.25, -0.2) is 4.39 Å². The molecule has 2 heterocycles. The van der Waals surface area contributed by atoms with Crippen molar-refractivity contribution in [1.82, 2.24) is 9.88 Å². The zero-order chi connectivity index (χ0) is 19.0. The first-order chi connectivity index (χ1) is 13.0. The van der Waals surface area contributed by atoms with E-state index in [1.165, 1.54) is 17.8 Å². The van der Waals surface area contributed by atoms with Gasteiger partial charge in [0.2, 0.25) is 5.91 Å². The number of rotatable bonds is 3. The SMILES string of the molecule is Cc1[nH]c2ccc(F)cc2c1C(C)C(=O)N1CCN(c2ccccc2)CC1. The molecule has 140 valence electrons. The normalized spacial score (nSPS) is 16.0. The van der Waals surface area contributed by atoms with Gasteiger partial charge in [-0.05, 0) is 49.7 Å². The minimum atomic E-state index is -0.302. The lowest BCUT2D eigenvalue weighted by molar-refractivity contribution is -0.132. The second kappa shape index (κ2) is 7.06. The molecule has 0 saturated carbocycles. The van der Waals surface area contributed by atoms with E-state index >= 15 is 0 Å². The van der Waals surface area contributed by atoms with Crippen molar-refractivity contribution in [2.75, 3.05) is 31.1 Å². The number of benzene rings is 2.